The van der Waals surface area contributed by atoms with E-state index in [4.69, 9.17) is 14.2 Å². The second kappa shape index (κ2) is 10.8. The van der Waals surface area contributed by atoms with E-state index in [0.717, 1.165) is 11.1 Å². The fraction of sp³-hybridized carbons (Fsp3) is 0.333. The molecule has 0 aliphatic carbocycles. The zero-order valence-corrected chi connectivity index (χ0v) is 17.1. The molecular formula is C21H24N2O7. The molecule has 9 nitrogen and oxygen atoms in total. The van der Waals surface area contributed by atoms with Crippen molar-refractivity contribution in [2.75, 3.05) is 25.1 Å². The topological polar surface area (TPSA) is 117 Å². The SMILES string of the molecule is CCOc1ccc(NC(=O)COC(=O)CCOc2cc(C)ccc2C)c([N+](=O)[O-])c1. The van der Waals surface area contributed by atoms with Gasteiger partial charge in [-0.1, -0.05) is 12.1 Å². The molecule has 0 aliphatic heterocycles. The normalized spacial score (nSPS) is 10.2. The van der Waals surface area contributed by atoms with E-state index in [2.05, 4.69) is 5.32 Å². The van der Waals surface area contributed by atoms with Crippen LogP contribution in [0.3, 0.4) is 0 Å². The summed E-state index contributed by atoms with van der Waals surface area (Å²) < 4.78 is 15.7. The molecule has 2 aromatic carbocycles. The number of anilines is 1. The van der Waals surface area contributed by atoms with Crippen LogP contribution in [0.15, 0.2) is 36.4 Å². The maximum atomic E-state index is 12.0. The quantitative estimate of drug-likeness (QED) is 0.357. The smallest absolute Gasteiger partial charge is 0.309 e. The van der Waals surface area contributed by atoms with Gasteiger partial charge in [0.05, 0.1) is 30.6 Å². The molecule has 2 aromatic rings. The van der Waals surface area contributed by atoms with Crippen LogP contribution in [0.25, 0.3) is 0 Å². The van der Waals surface area contributed by atoms with Crippen molar-refractivity contribution in [3.8, 4) is 11.5 Å². The van der Waals surface area contributed by atoms with Crippen LogP contribution >= 0.6 is 0 Å². The van der Waals surface area contributed by atoms with Crippen LogP contribution in [0.1, 0.15) is 24.5 Å². The van der Waals surface area contributed by atoms with Crippen LogP contribution in [0.4, 0.5) is 11.4 Å². The molecule has 1 N–H and O–H groups in total. The van der Waals surface area contributed by atoms with Crippen LogP contribution in [-0.2, 0) is 14.3 Å². The Labute approximate surface area is 174 Å². The molecule has 0 unspecified atom stereocenters. The highest BCUT2D eigenvalue weighted by molar-refractivity contribution is 5.95. The van der Waals surface area contributed by atoms with E-state index in [0.29, 0.717) is 18.1 Å². The van der Waals surface area contributed by atoms with Gasteiger partial charge in [0, 0.05) is 0 Å². The van der Waals surface area contributed by atoms with Gasteiger partial charge in [-0.25, -0.2) is 0 Å². The first-order valence-electron chi connectivity index (χ1n) is 9.37. The summed E-state index contributed by atoms with van der Waals surface area (Å²) in [6.45, 7) is 5.49. The van der Waals surface area contributed by atoms with Crippen molar-refractivity contribution in [1.29, 1.82) is 0 Å². The molecule has 30 heavy (non-hydrogen) atoms. The lowest BCUT2D eigenvalue weighted by Crippen LogP contribution is -2.22. The average molecular weight is 416 g/mol. The fourth-order valence-corrected chi connectivity index (χ4v) is 2.54. The molecule has 9 heteroatoms. The van der Waals surface area contributed by atoms with E-state index < -0.39 is 23.4 Å². The predicted molar refractivity (Wildman–Crippen MR) is 110 cm³/mol. The Morgan fingerprint density at radius 2 is 1.87 bits per heavy atom. The summed E-state index contributed by atoms with van der Waals surface area (Å²) in [6.07, 6.45) is -0.0378. The second-order valence-corrected chi connectivity index (χ2v) is 6.45. The molecule has 0 bridgehead atoms. The van der Waals surface area contributed by atoms with Gasteiger partial charge >= 0.3 is 5.97 Å². The largest absolute Gasteiger partial charge is 0.494 e. The molecular weight excluding hydrogens is 392 g/mol. The molecule has 160 valence electrons. The number of carbonyl (C=O) groups excluding carboxylic acids is 2. The predicted octanol–water partition coefficient (Wildman–Crippen LogP) is 3.56. The minimum absolute atomic E-state index is 0.0113. The van der Waals surface area contributed by atoms with Gasteiger partial charge in [-0.3, -0.25) is 19.7 Å². The molecule has 0 radical (unpaired) electrons. The zero-order chi connectivity index (χ0) is 22.1. The fourth-order valence-electron chi connectivity index (χ4n) is 2.54. The first kappa shape index (κ1) is 22.7. The number of nitro groups is 1. The molecule has 0 spiro atoms. The monoisotopic (exact) mass is 416 g/mol. The Balaban J connectivity index is 1.82. The van der Waals surface area contributed by atoms with E-state index in [1.54, 1.807) is 6.92 Å². The van der Waals surface area contributed by atoms with Crippen molar-refractivity contribution in [3.05, 3.63) is 57.6 Å². The molecule has 0 heterocycles. The van der Waals surface area contributed by atoms with Crippen LogP contribution in [0.5, 0.6) is 11.5 Å². The zero-order valence-electron chi connectivity index (χ0n) is 17.1. The molecule has 0 aliphatic rings. The van der Waals surface area contributed by atoms with Gasteiger partial charge in [0.2, 0.25) is 0 Å². The minimum Gasteiger partial charge on any atom is -0.494 e. The van der Waals surface area contributed by atoms with Crippen molar-refractivity contribution in [2.45, 2.75) is 27.2 Å². The lowest BCUT2D eigenvalue weighted by Gasteiger charge is -2.10. The summed E-state index contributed by atoms with van der Waals surface area (Å²) in [5.41, 5.74) is 1.66. The minimum atomic E-state index is -0.689. The van der Waals surface area contributed by atoms with Gasteiger partial charge in [-0.15, -0.1) is 0 Å². The number of hydrogen-bond donors (Lipinski definition) is 1. The number of hydrogen-bond acceptors (Lipinski definition) is 7. The number of nitrogens with one attached hydrogen (secondary N) is 1. The number of nitro benzene ring substituents is 1. The van der Waals surface area contributed by atoms with Gasteiger partial charge in [0.25, 0.3) is 11.6 Å². The standard InChI is InChI=1S/C21H24N2O7/c1-4-28-16-7-8-17(18(12-16)23(26)27)22-20(24)13-30-21(25)9-10-29-19-11-14(2)5-6-15(19)3/h5-8,11-12H,4,9-10,13H2,1-3H3,(H,22,24). The van der Waals surface area contributed by atoms with Gasteiger partial charge in [0.15, 0.2) is 6.61 Å². The molecule has 0 fully saturated rings. The van der Waals surface area contributed by atoms with Gasteiger partial charge < -0.3 is 19.5 Å². The number of benzene rings is 2. The van der Waals surface area contributed by atoms with E-state index >= 15 is 0 Å². The third kappa shape index (κ3) is 6.77. The molecule has 2 rings (SSSR count). The highest BCUT2D eigenvalue weighted by Gasteiger charge is 2.18. The van der Waals surface area contributed by atoms with E-state index in [1.165, 1.54) is 18.2 Å². The number of carbonyl (C=O) groups is 2. The van der Waals surface area contributed by atoms with E-state index in [-0.39, 0.29) is 24.4 Å². The Hall–Kier alpha value is -3.62. The summed E-state index contributed by atoms with van der Waals surface area (Å²) in [7, 11) is 0. The number of rotatable bonds is 10. The maximum absolute atomic E-state index is 12.0. The summed E-state index contributed by atoms with van der Waals surface area (Å²) in [5.74, 6) is -0.302. The van der Waals surface area contributed by atoms with Crippen molar-refractivity contribution < 1.29 is 28.7 Å². The third-order valence-corrected chi connectivity index (χ3v) is 4.02. The number of amides is 1. The van der Waals surface area contributed by atoms with Gasteiger partial charge in [-0.2, -0.15) is 0 Å². The van der Waals surface area contributed by atoms with E-state index in [9.17, 15) is 19.7 Å². The molecule has 0 saturated carbocycles. The first-order chi connectivity index (χ1) is 14.3. The van der Waals surface area contributed by atoms with Crippen LogP contribution < -0.4 is 14.8 Å². The highest BCUT2D eigenvalue weighted by Crippen LogP contribution is 2.29. The Morgan fingerprint density at radius 3 is 2.57 bits per heavy atom. The average Bonchev–Trinajstić information content (AvgIpc) is 2.70. The Kier molecular flexibility index (Phi) is 8.16. The Morgan fingerprint density at radius 1 is 1.10 bits per heavy atom. The molecule has 0 saturated heterocycles. The van der Waals surface area contributed by atoms with E-state index in [1.807, 2.05) is 32.0 Å². The highest BCUT2D eigenvalue weighted by atomic mass is 16.6. The van der Waals surface area contributed by atoms with Crippen molar-refractivity contribution in [3.63, 3.8) is 0 Å². The summed E-state index contributed by atoms with van der Waals surface area (Å²) >= 11 is 0. The van der Waals surface area contributed by atoms with Crippen LogP contribution in [-0.4, -0.2) is 36.6 Å². The Bertz CT molecular complexity index is 928. The van der Waals surface area contributed by atoms with Crippen LogP contribution in [0, 0.1) is 24.0 Å². The number of esters is 1. The van der Waals surface area contributed by atoms with Crippen molar-refractivity contribution in [1.82, 2.24) is 0 Å². The summed E-state index contributed by atoms with van der Waals surface area (Å²) in [4.78, 5) is 34.4. The summed E-state index contributed by atoms with van der Waals surface area (Å²) in [6, 6.07) is 9.84. The van der Waals surface area contributed by atoms with Gasteiger partial charge in [-0.05, 0) is 50.1 Å². The lowest BCUT2D eigenvalue weighted by atomic mass is 10.1. The maximum Gasteiger partial charge on any atom is 0.309 e. The number of ether oxygens (including phenoxy) is 3. The second-order valence-electron chi connectivity index (χ2n) is 6.45. The molecule has 1 amide bonds. The van der Waals surface area contributed by atoms with Crippen molar-refractivity contribution in [2.24, 2.45) is 0 Å². The molecule has 0 aromatic heterocycles. The number of nitrogens with zero attached hydrogens (tertiary/aromatic N) is 1. The number of aryl methyl sites for hydroxylation is 2. The van der Waals surface area contributed by atoms with Crippen molar-refractivity contribution >= 4 is 23.3 Å². The molecule has 0 atom stereocenters. The lowest BCUT2D eigenvalue weighted by molar-refractivity contribution is -0.384. The first-order valence-corrected chi connectivity index (χ1v) is 9.37. The van der Waals surface area contributed by atoms with Crippen LogP contribution in [0.2, 0.25) is 0 Å². The van der Waals surface area contributed by atoms with Gasteiger partial charge in [0.1, 0.15) is 17.2 Å². The third-order valence-electron chi connectivity index (χ3n) is 4.02. The summed E-state index contributed by atoms with van der Waals surface area (Å²) in [5, 5.41) is 13.6.